The van der Waals surface area contributed by atoms with Gasteiger partial charge in [-0.05, 0) is 31.4 Å². The van der Waals surface area contributed by atoms with Crippen molar-refractivity contribution in [2.24, 2.45) is 0 Å². The first kappa shape index (κ1) is 9.64. The third-order valence-electron chi connectivity index (χ3n) is 3.65. The Morgan fingerprint density at radius 3 is 2.81 bits per heavy atom. The molecular formula is C14H15NO. The molecule has 2 nitrogen and oxygen atoms in total. The number of carbonyl (C=O) groups is 1. The summed E-state index contributed by atoms with van der Waals surface area (Å²) < 4.78 is 0. The molecule has 0 bridgehead atoms. The maximum atomic E-state index is 11.7. The number of para-hydroxylation sites is 1. The molecule has 0 N–H and O–H groups in total. The molecule has 2 aliphatic heterocycles. The Kier molecular flexibility index (Phi) is 2.10. The van der Waals surface area contributed by atoms with E-state index < -0.39 is 0 Å². The summed E-state index contributed by atoms with van der Waals surface area (Å²) >= 11 is 0. The molecule has 0 radical (unpaired) electrons. The highest BCUT2D eigenvalue weighted by Crippen LogP contribution is 2.36. The highest BCUT2D eigenvalue weighted by molar-refractivity contribution is 5.98. The molecule has 2 heteroatoms. The van der Waals surface area contributed by atoms with Crippen LogP contribution in [0.1, 0.15) is 25.3 Å². The van der Waals surface area contributed by atoms with Crippen molar-refractivity contribution in [2.75, 3.05) is 11.4 Å². The number of hydrogen-bond donors (Lipinski definition) is 0. The average Bonchev–Trinajstić information content (AvgIpc) is 2.33. The van der Waals surface area contributed by atoms with E-state index in [1.807, 2.05) is 6.92 Å². The zero-order chi connectivity index (χ0) is 11.1. The molecule has 2 aliphatic rings. The third-order valence-corrected chi connectivity index (χ3v) is 3.65. The summed E-state index contributed by atoms with van der Waals surface area (Å²) in [5.74, 6) is 0.325. The van der Waals surface area contributed by atoms with Gasteiger partial charge in [-0.25, -0.2) is 0 Å². The van der Waals surface area contributed by atoms with Gasteiger partial charge >= 0.3 is 0 Å². The van der Waals surface area contributed by atoms with Gasteiger partial charge in [0.1, 0.15) is 0 Å². The molecule has 0 saturated heterocycles. The number of benzene rings is 1. The minimum atomic E-state index is 0.325. The molecule has 1 aromatic carbocycles. The smallest absolute Gasteiger partial charge is 0.162 e. The Bertz CT molecular complexity index is 487. The van der Waals surface area contributed by atoms with Crippen LogP contribution in [0.25, 0.3) is 0 Å². The second-order valence-electron chi connectivity index (χ2n) is 4.53. The number of fused-ring (bicyclic) bond motifs is 3. The van der Waals surface area contributed by atoms with Crippen LogP contribution in [-0.2, 0) is 11.2 Å². The summed E-state index contributed by atoms with van der Waals surface area (Å²) in [4.78, 5) is 14.0. The van der Waals surface area contributed by atoms with E-state index in [-0.39, 0.29) is 0 Å². The Hall–Kier alpha value is -1.57. The minimum Gasteiger partial charge on any atom is -0.344 e. The van der Waals surface area contributed by atoms with Gasteiger partial charge in [-0.2, -0.15) is 0 Å². The lowest BCUT2D eigenvalue weighted by molar-refractivity contribution is -0.115. The summed E-state index contributed by atoms with van der Waals surface area (Å²) in [5, 5.41) is 0. The fraction of sp³-hybridized carbons (Fsp3) is 0.357. The van der Waals surface area contributed by atoms with Gasteiger partial charge in [-0.3, -0.25) is 4.79 Å². The van der Waals surface area contributed by atoms with E-state index in [2.05, 4.69) is 29.2 Å². The van der Waals surface area contributed by atoms with Gasteiger partial charge in [-0.1, -0.05) is 18.2 Å². The minimum absolute atomic E-state index is 0.325. The molecule has 16 heavy (non-hydrogen) atoms. The van der Waals surface area contributed by atoms with Gasteiger partial charge < -0.3 is 4.90 Å². The molecule has 0 aromatic heterocycles. The van der Waals surface area contributed by atoms with Crippen LogP contribution in [0.2, 0.25) is 0 Å². The van der Waals surface area contributed by atoms with E-state index in [0.717, 1.165) is 25.0 Å². The van der Waals surface area contributed by atoms with Crippen LogP contribution >= 0.6 is 0 Å². The van der Waals surface area contributed by atoms with E-state index in [4.69, 9.17) is 0 Å². The maximum Gasteiger partial charge on any atom is 0.162 e. The number of anilines is 1. The van der Waals surface area contributed by atoms with Crippen molar-refractivity contribution >= 4 is 11.5 Å². The topological polar surface area (TPSA) is 20.3 Å². The molecule has 0 fully saturated rings. The van der Waals surface area contributed by atoms with E-state index >= 15 is 0 Å². The number of Topliss-reactive ketones (excluding diaryl/α,β-unsaturated/α-hetero) is 1. The van der Waals surface area contributed by atoms with Crippen LogP contribution in [0.15, 0.2) is 35.5 Å². The van der Waals surface area contributed by atoms with Crippen molar-refractivity contribution in [1.82, 2.24) is 0 Å². The molecule has 82 valence electrons. The van der Waals surface area contributed by atoms with Crippen molar-refractivity contribution in [3.63, 3.8) is 0 Å². The van der Waals surface area contributed by atoms with Crippen molar-refractivity contribution in [3.05, 3.63) is 41.1 Å². The quantitative estimate of drug-likeness (QED) is 0.660. The van der Waals surface area contributed by atoms with Gasteiger partial charge in [0, 0.05) is 29.9 Å². The Morgan fingerprint density at radius 2 is 1.94 bits per heavy atom. The Labute approximate surface area is 95.6 Å². The normalized spacial score (nSPS) is 19.6. The van der Waals surface area contributed by atoms with Crippen LogP contribution in [0.5, 0.6) is 0 Å². The van der Waals surface area contributed by atoms with E-state index in [9.17, 15) is 4.79 Å². The van der Waals surface area contributed by atoms with Gasteiger partial charge in [0.05, 0.1) is 0 Å². The van der Waals surface area contributed by atoms with Gasteiger partial charge in [0.15, 0.2) is 5.78 Å². The summed E-state index contributed by atoms with van der Waals surface area (Å²) in [6.07, 6.45) is 2.73. The number of rotatable bonds is 0. The first-order chi connectivity index (χ1) is 7.77. The number of hydrogen-bond acceptors (Lipinski definition) is 2. The second-order valence-corrected chi connectivity index (χ2v) is 4.53. The molecule has 1 aromatic rings. The first-order valence-electron chi connectivity index (χ1n) is 5.86. The molecule has 0 atom stereocenters. The summed E-state index contributed by atoms with van der Waals surface area (Å²) in [6, 6.07) is 8.53. The zero-order valence-corrected chi connectivity index (χ0v) is 9.49. The predicted molar refractivity (Wildman–Crippen MR) is 64.4 cm³/mol. The fourth-order valence-electron chi connectivity index (χ4n) is 2.73. The second kappa shape index (κ2) is 3.48. The number of allylic oxidation sites excluding steroid dienone is 2. The number of ketones is 1. The summed E-state index contributed by atoms with van der Waals surface area (Å²) in [6.45, 7) is 2.82. The van der Waals surface area contributed by atoms with E-state index in [1.165, 1.54) is 16.9 Å². The molecule has 0 spiro atoms. The molecule has 0 saturated carbocycles. The molecule has 3 rings (SSSR count). The third kappa shape index (κ3) is 1.29. The molecule has 0 aliphatic carbocycles. The lowest BCUT2D eigenvalue weighted by Crippen LogP contribution is -2.35. The predicted octanol–water partition coefficient (Wildman–Crippen LogP) is 2.69. The largest absolute Gasteiger partial charge is 0.344 e. The van der Waals surface area contributed by atoms with Crippen LogP contribution in [0, 0.1) is 0 Å². The summed E-state index contributed by atoms with van der Waals surface area (Å²) in [5.41, 5.74) is 4.93. The van der Waals surface area contributed by atoms with Crippen LogP contribution < -0.4 is 4.90 Å². The molecular weight excluding hydrogens is 198 g/mol. The molecule has 0 amide bonds. The van der Waals surface area contributed by atoms with E-state index in [1.54, 1.807) is 0 Å². The molecule has 0 unspecified atom stereocenters. The fourth-order valence-corrected chi connectivity index (χ4v) is 2.73. The van der Waals surface area contributed by atoms with Crippen molar-refractivity contribution < 1.29 is 4.79 Å². The lowest BCUT2D eigenvalue weighted by Gasteiger charge is -2.37. The van der Waals surface area contributed by atoms with Crippen molar-refractivity contribution in [2.45, 2.75) is 26.2 Å². The van der Waals surface area contributed by atoms with E-state index in [0.29, 0.717) is 12.2 Å². The van der Waals surface area contributed by atoms with Crippen LogP contribution in [0.4, 0.5) is 5.69 Å². The highest BCUT2D eigenvalue weighted by Gasteiger charge is 2.28. The van der Waals surface area contributed by atoms with Gasteiger partial charge in [-0.15, -0.1) is 0 Å². The average molecular weight is 213 g/mol. The molecule has 2 heterocycles. The monoisotopic (exact) mass is 213 g/mol. The maximum absolute atomic E-state index is 11.7. The van der Waals surface area contributed by atoms with Crippen LogP contribution in [-0.4, -0.2) is 12.3 Å². The lowest BCUT2D eigenvalue weighted by atomic mass is 9.92. The number of aryl methyl sites for hydroxylation is 1. The Morgan fingerprint density at radius 1 is 1.12 bits per heavy atom. The van der Waals surface area contributed by atoms with Crippen LogP contribution in [0.3, 0.4) is 0 Å². The SMILES string of the molecule is CC1=C2CCc3ccccc3N2CCC1=O. The number of carbonyl (C=O) groups excluding carboxylic acids is 1. The highest BCUT2D eigenvalue weighted by atomic mass is 16.1. The summed E-state index contributed by atoms with van der Waals surface area (Å²) in [7, 11) is 0. The van der Waals surface area contributed by atoms with Gasteiger partial charge in [0.25, 0.3) is 0 Å². The number of nitrogens with zero attached hydrogens (tertiary/aromatic N) is 1. The first-order valence-corrected chi connectivity index (χ1v) is 5.86. The zero-order valence-electron chi connectivity index (χ0n) is 9.49. The van der Waals surface area contributed by atoms with Crippen molar-refractivity contribution in [1.29, 1.82) is 0 Å². The van der Waals surface area contributed by atoms with Crippen molar-refractivity contribution in [3.8, 4) is 0 Å². The Balaban J connectivity index is 2.13. The van der Waals surface area contributed by atoms with Gasteiger partial charge in [0.2, 0.25) is 0 Å². The standard InChI is InChI=1S/C14H15NO/c1-10-12-7-6-11-4-2-3-5-13(11)15(12)9-8-14(10)16/h2-5H,6-9H2,1H3.